The van der Waals surface area contributed by atoms with Crippen molar-refractivity contribution < 1.29 is 23.8 Å². The van der Waals surface area contributed by atoms with Crippen molar-refractivity contribution in [3.63, 3.8) is 0 Å². The Balaban J connectivity index is 1.13. The van der Waals surface area contributed by atoms with Gasteiger partial charge in [0.1, 0.15) is 5.82 Å². The number of aliphatic hydroxyl groups excluding tert-OH is 1. The molecular weight excluding hydrogens is 455 g/mol. The number of amides is 3. The van der Waals surface area contributed by atoms with E-state index in [1.54, 1.807) is 17.0 Å². The number of halogens is 1. The molecule has 6 heterocycles. The molecule has 3 amide bonds. The summed E-state index contributed by atoms with van der Waals surface area (Å²) >= 11 is 0. The topological polar surface area (TPSA) is 111 Å². The van der Waals surface area contributed by atoms with Crippen LogP contribution in [0.3, 0.4) is 0 Å². The molecule has 0 aliphatic carbocycles. The molecule has 3 saturated heterocycles. The quantitative estimate of drug-likeness (QED) is 0.680. The standard InChI is InChI=1S/C24H27FN6O4/c1-13-7-31(19-3-2-14(11-32)5-26-19)23(33)18-6-27-22(21(25)20(13)18)28-15-8-29(9-15)24(34)30-10-17-4-16(30)12-35-17/h2-3,5-6,13,15-17,32H,4,7-12H2,1H3,(H,27,28)/t13?,16-,17-/m0/s1. The monoisotopic (exact) mass is 482 g/mol. The number of likely N-dealkylation sites (tertiary alicyclic amines) is 2. The van der Waals surface area contributed by atoms with Gasteiger partial charge in [-0.25, -0.2) is 19.2 Å². The number of rotatable bonds is 4. The van der Waals surface area contributed by atoms with Gasteiger partial charge >= 0.3 is 6.03 Å². The first-order valence-corrected chi connectivity index (χ1v) is 11.9. The van der Waals surface area contributed by atoms with Crippen molar-refractivity contribution in [2.24, 2.45) is 0 Å². The lowest BCUT2D eigenvalue weighted by Crippen LogP contribution is -2.61. The van der Waals surface area contributed by atoms with Crippen LogP contribution in [0.15, 0.2) is 24.5 Å². The molecule has 35 heavy (non-hydrogen) atoms. The second kappa shape index (κ2) is 8.42. The minimum Gasteiger partial charge on any atom is -0.392 e. The Bertz CT molecular complexity index is 1170. The van der Waals surface area contributed by atoms with Gasteiger partial charge in [0.25, 0.3) is 5.91 Å². The second-order valence-electron chi connectivity index (χ2n) is 9.77. The number of carbonyl (C=O) groups excluding carboxylic acids is 2. The molecule has 0 saturated carbocycles. The molecule has 0 spiro atoms. The van der Waals surface area contributed by atoms with Crippen LogP contribution in [-0.4, -0.2) is 87.8 Å². The van der Waals surface area contributed by atoms with E-state index in [0.717, 1.165) is 6.42 Å². The first-order valence-electron chi connectivity index (χ1n) is 11.9. The van der Waals surface area contributed by atoms with Crippen LogP contribution in [0.4, 0.5) is 20.8 Å². The predicted molar refractivity (Wildman–Crippen MR) is 124 cm³/mol. The van der Waals surface area contributed by atoms with Crippen molar-refractivity contribution in [2.75, 3.05) is 43.0 Å². The van der Waals surface area contributed by atoms with Crippen LogP contribution in [0.1, 0.15) is 40.7 Å². The summed E-state index contributed by atoms with van der Waals surface area (Å²) in [4.78, 5) is 39.5. The largest absolute Gasteiger partial charge is 0.392 e. The zero-order valence-corrected chi connectivity index (χ0v) is 19.4. The molecule has 0 radical (unpaired) electrons. The van der Waals surface area contributed by atoms with Gasteiger partial charge in [-0.1, -0.05) is 13.0 Å². The normalized spacial score (nSPS) is 25.6. The number of aromatic nitrogens is 2. The first-order chi connectivity index (χ1) is 16.9. The lowest BCUT2D eigenvalue weighted by molar-refractivity contribution is 0.0303. The Labute approximate surface area is 201 Å². The van der Waals surface area contributed by atoms with Gasteiger partial charge in [0.05, 0.1) is 37.0 Å². The molecule has 2 aromatic heterocycles. The lowest BCUT2D eigenvalue weighted by atomic mass is 9.91. The number of urea groups is 1. The van der Waals surface area contributed by atoms with Gasteiger partial charge in [-0.2, -0.15) is 0 Å². The van der Waals surface area contributed by atoms with Gasteiger partial charge in [-0.15, -0.1) is 0 Å². The number of nitrogens with zero attached hydrogens (tertiary/aromatic N) is 5. The molecule has 2 aromatic rings. The number of pyridine rings is 2. The van der Waals surface area contributed by atoms with Crippen LogP contribution in [0.5, 0.6) is 0 Å². The zero-order valence-electron chi connectivity index (χ0n) is 19.4. The third-order valence-corrected chi connectivity index (χ3v) is 7.39. The molecule has 0 aromatic carbocycles. The van der Waals surface area contributed by atoms with Crippen molar-refractivity contribution in [3.05, 3.63) is 47.0 Å². The maximum atomic E-state index is 15.5. The second-order valence-corrected chi connectivity index (χ2v) is 9.77. The van der Waals surface area contributed by atoms with E-state index < -0.39 is 5.82 Å². The fourth-order valence-corrected chi connectivity index (χ4v) is 5.45. The van der Waals surface area contributed by atoms with Crippen molar-refractivity contribution in [2.45, 2.75) is 44.1 Å². The van der Waals surface area contributed by atoms with Crippen molar-refractivity contribution in [1.82, 2.24) is 19.8 Å². The summed E-state index contributed by atoms with van der Waals surface area (Å²) in [6, 6.07) is 3.45. The summed E-state index contributed by atoms with van der Waals surface area (Å²) in [5, 5.41) is 12.3. The fourth-order valence-electron chi connectivity index (χ4n) is 5.45. The van der Waals surface area contributed by atoms with Crippen molar-refractivity contribution in [3.8, 4) is 0 Å². The van der Waals surface area contributed by atoms with Gasteiger partial charge < -0.3 is 25.0 Å². The van der Waals surface area contributed by atoms with Crippen LogP contribution < -0.4 is 10.2 Å². The van der Waals surface area contributed by atoms with Gasteiger partial charge in [0.2, 0.25) is 0 Å². The number of hydrogen-bond acceptors (Lipinski definition) is 7. The minimum absolute atomic E-state index is 0.0117. The van der Waals surface area contributed by atoms with Crippen LogP contribution in [-0.2, 0) is 11.3 Å². The number of fused-ring (bicyclic) bond motifs is 3. The SMILES string of the molecule is CC1CN(c2ccc(CO)cn2)C(=O)c2cnc(NC3CN(C(=O)N4C[C@@H]5C[C@H]4CO5)C3)c(F)c21. The van der Waals surface area contributed by atoms with Crippen LogP contribution in [0, 0.1) is 5.82 Å². The molecule has 2 N–H and O–H groups in total. The third kappa shape index (κ3) is 3.69. The van der Waals surface area contributed by atoms with E-state index in [1.165, 1.54) is 17.3 Å². The first kappa shape index (κ1) is 22.2. The van der Waals surface area contributed by atoms with E-state index in [2.05, 4.69) is 15.3 Å². The number of carbonyl (C=O) groups is 2. The van der Waals surface area contributed by atoms with Crippen molar-refractivity contribution in [1.29, 1.82) is 0 Å². The van der Waals surface area contributed by atoms with E-state index in [0.29, 0.717) is 43.2 Å². The molecule has 1 unspecified atom stereocenters. The van der Waals surface area contributed by atoms with Crippen LogP contribution in [0.2, 0.25) is 0 Å². The number of morpholine rings is 1. The van der Waals surface area contributed by atoms with E-state index >= 15 is 4.39 Å². The number of nitrogens with one attached hydrogen (secondary N) is 1. The van der Waals surface area contributed by atoms with Gasteiger partial charge in [0, 0.05) is 50.1 Å². The Morgan fingerprint density at radius 2 is 2.06 bits per heavy atom. The average Bonchev–Trinajstić information content (AvgIpc) is 3.48. The maximum Gasteiger partial charge on any atom is 0.320 e. The van der Waals surface area contributed by atoms with Crippen LogP contribution >= 0.6 is 0 Å². The molecule has 2 bridgehead atoms. The van der Waals surface area contributed by atoms with Gasteiger partial charge in [-0.05, 0) is 18.1 Å². The van der Waals surface area contributed by atoms with E-state index in [1.807, 2.05) is 11.8 Å². The molecule has 3 fully saturated rings. The highest BCUT2D eigenvalue weighted by atomic mass is 19.1. The smallest absolute Gasteiger partial charge is 0.320 e. The average molecular weight is 483 g/mol. The molecule has 184 valence electrons. The molecule has 3 atom stereocenters. The predicted octanol–water partition coefficient (Wildman–Crippen LogP) is 1.56. The highest BCUT2D eigenvalue weighted by Gasteiger charge is 2.45. The van der Waals surface area contributed by atoms with Crippen molar-refractivity contribution >= 4 is 23.6 Å². The third-order valence-electron chi connectivity index (χ3n) is 7.39. The summed E-state index contributed by atoms with van der Waals surface area (Å²) < 4.78 is 21.1. The Hall–Kier alpha value is -3.31. The van der Waals surface area contributed by atoms with E-state index in [9.17, 15) is 14.7 Å². The minimum atomic E-state index is -0.523. The summed E-state index contributed by atoms with van der Waals surface area (Å²) in [6.07, 6.45) is 3.99. The molecule has 10 nitrogen and oxygen atoms in total. The highest BCUT2D eigenvalue weighted by molar-refractivity contribution is 6.08. The summed E-state index contributed by atoms with van der Waals surface area (Å²) in [5.74, 6) is -0.592. The number of hydrogen-bond donors (Lipinski definition) is 2. The van der Waals surface area contributed by atoms with E-state index in [4.69, 9.17) is 4.74 Å². The number of aliphatic hydroxyl groups is 1. The molecule has 6 rings (SSSR count). The maximum absolute atomic E-state index is 15.5. The van der Waals surface area contributed by atoms with E-state index in [-0.39, 0.29) is 60.6 Å². The van der Waals surface area contributed by atoms with Gasteiger partial charge in [-0.3, -0.25) is 9.69 Å². The zero-order chi connectivity index (χ0) is 24.3. The Morgan fingerprint density at radius 1 is 1.23 bits per heavy atom. The number of anilines is 2. The highest BCUT2D eigenvalue weighted by Crippen LogP contribution is 2.35. The van der Waals surface area contributed by atoms with Gasteiger partial charge in [0.15, 0.2) is 11.6 Å². The van der Waals surface area contributed by atoms with Crippen LogP contribution in [0.25, 0.3) is 0 Å². The Morgan fingerprint density at radius 3 is 2.71 bits per heavy atom. The molecule has 4 aliphatic rings. The summed E-state index contributed by atoms with van der Waals surface area (Å²) in [6.45, 7) is 4.22. The molecule has 4 aliphatic heterocycles. The fraction of sp³-hybridized carbons (Fsp3) is 0.500. The lowest BCUT2D eigenvalue weighted by Gasteiger charge is -2.43. The Kier molecular flexibility index (Phi) is 5.33. The summed E-state index contributed by atoms with van der Waals surface area (Å²) in [5.41, 5.74) is 1.21. The number of ether oxygens (including phenoxy) is 1. The molecule has 11 heteroatoms. The molecular formula is C24H27FN6O4. The summed E-state index contributed by atoms with van der Waals surface area (Å²) in [7, 11) is 0.